The van der Waals surface area contributed by atoms with Gasteiger partial charge in [0.15, 0.2) is 0 Å². The van der Waals surface area contributed by atoms with Crippen molar-refractivity contribution in [1.82, 2.24) is 0 Å². The Balaban J connectivity index is 0. The van der Waals surface area contributed by atoms with Gasteiger partial charge in [-0.2, -0.15) is 0 Å². The highest BCUT2D eigenvalue weighted by molar-refractivity contribution is 7.19. The summed E-state index contributed by atoms with van der Waals surface area (Å²) in [6.07, 6.45) is 0. The molecule has 1 heterocycles. The third-order valence-corrected chi connectivity index (χ3v) is 3.52. The summed E-state index contributed by atoms with van der Waals surface area (Å²) in [5.74, 6) is 0. The summed E-state index contributed by atoms with van der Waals surface area (Å²) >= 11 is 1.85. The van der Waals surface area contributed by atoms with E-state index < -0.39 is 0 Å². The second-order valence-electron chi connectivity index (χ2n) is 4.05. The normalized spacial score (nSPS) is 8.00. The number of benzene rings is 2. The molecule has 0 aliphatic carbocycles. The first kappa shape index (κ1) is 23.7. The highest BCUT2D eigenvalue weighted by Gasteiger charge is 1.93. The fourth-order valence-electron chi connectivity index (χ4n) is 1.65. The molecule has 0 radical (unpaired) electrons. The smallest absolute Gasteiger partial charge is 0.0345 e. The molecule has 0 fully saturated rings. The van der Waals surface area contributed by atoms with Crippen molar-refractivity contribution in [1.29, 1.82) is 0 Å². The SMILES string of the molecule is CC.CC.CC.Cc1cc2ccccc2s1.Cc1ccccc1. The minimum absolute atomic E-state index is 1.32. The quantitative estimate of drug-likeness (QED) is 0.389. The first-order valence-electron chi connectivity index (χ1n) is 8.72. The summed E-state index contributed by atoms with van der Waals surface area (Å²) in [7, 11) is 0. The monoisotopic (exact) mass is 330 g/mol. The zero-order valence-electron chi connectivity index (χ0n) is 16.2. The molecule has 3 aromatic rings. The van der Waals surface area contributed by atoms with Crippen LogP contribution in [0.5, 0.6) is 0 Å². The lowest BCUT2D eigenvalue weighted by Crippen LogP contribution is -1.62. The van der Waals surface area contributed by atoms with Gasteiger partial charge in [-0.1, -0.05) is 95.6 Å². The molecule has 3 rings (SSSR count). The fourth-order valence-corrected chi connectivity index (χ4v) is 2.57. The Bertz CT molecular complexity index is 546. The van der Waals surface area contributed by atoms with Crippen molar-refractivity contribution >= 4 is 21.4 Å². The zero-order valence-corrected chi connectivity index (χ0v) is 17.0. The van der Waals surface area contributed by atoms with Gasteiger partial charge in [0.25, 0.3) is 0 Å². The van der Waals surface area contributed by atoms with Crippen molar-refractivity contribution in [3.05, 3.63) is 71.1 Å². The number of hydrogen-bond donors (Lipinski definition) is 0. The Morgan fingerprint density at radius 1 is 0.609 bits per heavy atom. The second-order valence-corrected chi connectivity index (χ2v) is 5.34. The van der Waals surface area contributed by atoms with Crippen molar-refractivity contribution in [2.24, 2.45) is 0 Å². The predicted octanol–water partition coefficient (Wildman–Crippen LogP) is 8.28. The first-order valence-corrected chi connectivity index (χ1v) is 9.54. The van der Waals surface area contributed by atoms with E-state index in [-0.39, 0.29) is 0 Å². The molecule has 128 valence electrons. The van der Waals surface area contributed by atoms with Gasteiger partial charge in [-0.05, 0) is 31.4 Å². The highest BCUT2D eigenvalue weighted by atomic mass is 32.1. The third kappa shape index (κ3) is 10.7. The summed E-state index contributed by atoms with van der Waals surface area (Å²) in [6, 6.07) is 21.0. The van der Waals surface area contributed by atoms with E-state index >= 15 is 0 Å². The molecule has 0 amide bonds. The van der Waals surface area contributed by atoms with Gasteiger partial charge in [-0.3, -0.25) is 0 Å². The lowest BCUT2D eigenvalue weighted by Gasteiger charge is -1.82. The number of aryl methyl sites for hydroxylation is 2. The number of thiophene rings is 1. The Morgan fingerprint density at radius 2 is 1.09 bits per heavy atom. The molecule has 0 aliphatic rings. The summed E-state index contributed by atoms with van der Waals surface area (Å²) in [5, 5.41) is 1.37. The van der Waals surface area contributed by atoms with Crippen LogP contribution in [0.3, 0.4) is 0 Å². The minimum Gasteiger partial charge on any atom is -0.141 e. The van der Waals surface area contributed by atoms with E-state index in [0.29, 0.717) is 0 Å². The van der Waals surface area contributed by atoms with Crippen LogP contribution in [0.1, 0.15) is 52.0 Å². The molecule has 0 aliphatic heterocycles. The molecule has 0 spiro atoms. The van der Waals surface area contributed by atoms with Gasteiger partial charge in [-0.25, -0.2) is 0 Å². The molecule has 2 aromatic carbocycles. The molecule has 0 atom stereocenters. The molecule has 0 saturated heterocycles. The summed E-state index contributed by atoms with van der Waals surface area (Å²) in [4.78, 5) is 1.39. The summed E-state index contributed by atoms with van der Waals surface area (Å²) in [6.45, 7) is 16.2. The largest absolute Gasteiger partial charge is 0.141 e. The molecule has 0 bridgehead atoms. The van der Waals surface area contributed by atoms with E-state index in [1.807, 2.05) is 71.1 Å². The van der Waals surface area contributed by atoms with Gasteiger partial charge in [0.05, 0.1) is 0 Å². The van der Waals surface area contributed by atoms with Gasteiger partial charge >= 0.3 is 0 Å². The predicted molar refractivity (Wildman–Crippen MR) is 112 cm³/mol. The van der Waals surface area contributed by atoms with Crippen molar-refractivity contribution in [2.75, 3.05) is 0 Å². The van der Waals surface area contributed by atoms with Crippen LogP contribution in [-0.4, -0.2) is 0 Å². The van der Waals surface area contributed by atoms with E-state index in [0.717, 1.165) is 0 Å². The van der Waals surface area contributed by atoms with E-state index in [4.69, 9.17) is 0 Å². The summed E-state index contributed by atoms with van der Waals surface area (Å²) < 4.78 is 1.39. The second kappa shape index (κ2) is 16.8. The van der Waals surface area contributed by atoms with Crippen LogP contribution in [0.2, 0.25) is 0 Å². The van der Waals surface area contributed by atoms with Crippen molar-refractivity contribution < 1.29 is 0 Å². The lowest BCUT2D eigenvalue weighted by molar-refractivity contribution is 1.48. The van der Waals surface area contributed by atoms with E-state index in [1.165, 1.54) is 20.5 Å². The van der Waals surface area contributed by atoms with Crippen molar-refractivity contribution in [3.8, 4) is 0 Å². The highest BCUT2D eigenvalue weighted by Crippen LogP contribution is 2.23. The average molecular weight is 331 g/mol. The molecule has 0 nitrogen and oxygen atoms in total. The van der Waals surface area contributed by atoms with Gasteiger partial charge in [0.2, 0.25) is 0 Å². The van der Waals surface area contributed by atoms with Crippen molar-refractivity contribution in [2.45, 2.75) is 55.4 Å². The van der Waals surface area contributed by atoms with E-state index in [9.17, 15) is 0 Å². The Morgan fingerprint density at radius 3 is 1.52 bits per heavy atom. The van der Waals surface area contributed by atoms with Crippen LogP contribution in [-0.2, 0) is 0 Å². The number of fused-ring (bicyclic) bond motifs is 1. The molecule has 1 heteroatoms. The number of rotatable bonds is 0. The molecule has 0 N–H and O–H groups in total. The Hall–Kier alpha value is -1.60. The van der Waals surface area contributed by atoms with Crippen LogP contribution >= 0.6 is 11.3 Å². The average Bonchev–Trinajstić information content (AvgIpc) is 3.01. The fraction of sp³-hybridized carbons (Fsp3) is 0.364. The first-order chi connectivity index (χ1) is 11.3. The number of hydrogen-bond acceptors (Lipinski definition) is 1. The topological polar surface area (TPSA) is 0 Å². The molecule has 0 saturated carbocycles. The molecular weight excluding hydrogens is 296 g/mol. The third-order valence-electron chi connectivity index (χ3n) is 2.49. The maximum atomic E-state index is 2.22. The molecule has 23 heavy (non-hydrogen) atoms. The maximum absolute atomic E-state index is 2.22. The van der Waals surface area contributed by atoms with Crippen LogP contribution < -0.4 is 0 Å². The van der Waals surface area contributed by atoms with Gasteiger partial charge < -0.3 is 0 Å². The van der Waals surface area contributed by atoms with Crippen LogP contribution in [0.15, 0.2) is 60.7 Å². The van der Waals surface area contributed by atoms with Gasteiger partial charge in [0, 0.05) is 9.58 Å². The minimum atomic E-state index is 1.32. The van der Waals surface area contributed by atoms with Gasteiger partial charge in [0.1, 0.15) is 0 Å². The molecule has 1 aromatic heterocycles. The van der Waals surface area contributed by atoms with Crippen LogP contribution in [0.25, 0.3) is 10.1 Å². The van der Waals surface area contributed by atoms with Gasteiger partial charge in [-0.15, -0.1) is 11.3 Å². The Labute approximate surface area is 148 Å². The zero-order chi connectivity index (χ0) is 18.1. The lowest BCUT2D eigenvalue weighted by atomic mass is 10.2. The van der Waals surface area contributed by atoms with Crippen molar-refractivity contribution in [3.63, 3.8) is 0 Å². The molecular formula is C22H34S. The van der Waals surface area contributed by atoms with Crippen LogP contribution in [0.4, 0.5) is 0 Å². The van der Waals surface area contributed by atoms with E-state index in [1.54, 1.807) is 0 Å². The molecule has 0 unspecified atom stereocenters. The standard InChI is InChI=1S/C9H8S.C7H8.3C2H6/c1-7-6-8-4-2-3-5-9(8)10-7;1-7-5-3-2-4-6-7;3*1-2/h2-6H,1H3;2-6H,1H3;3*1-2H3. The maximum Gasteiger partial charge on any atom is 0.0345 e. The van der Waals surface area contributed by atoms with Crippen LogP contribution in [0, 0.1) is 13.8 Å². The Kier molecular flexibility index (Phi) is 17.2. The van der Waals surface area contributed by atoms with E-state index in [2.05, 4.69) is 56.3 Å². The summed E-state index contributed by atoms with van der Waals surface area (Å²) in [5.41, 5.74) is 1.32.